The molecule has 2 rings (SSSR count). The normalized spacial score (nSPS) is 10.2. The van der Waals surface area contributed by atoms with Gasteiger partial charge in [-0.05, 0) is 17.9 Å². The van der Waals surface area contributed by atoms with Crippen molar-refractivity contribution in [1.29, 1.82) is 0 Å². The Hall–Kier alpha value is -1.95. The molecule has 5 nitrogen and oxygen atoms in total. The molecule has 0 bridgehead atoms. The number of ether oxygens (including phenoxy) is 2. The van der Waals surface area contributed by atoms with Crippen LogP contribution in [0.5, 0.6) is 11.8 Å². The summed E-state index contributed by atoms with van der Waals surface area (Å²) in [6, 6.07) is 8.21. The zero-order chi connectivity index (χ0) is 15.1. The number of nitrogens with zero attached hydrogens (tertiary/aromatic N) is 2. The summed E-state index contributed by atoms with van der Waals surface area (Å²) in [5, 5.41) is 3.40. The van der Waals surface area contributed by atoms with Crippen LogP contribution >= 0.6 is 11.8 Å². The maximum Gasteiger partial charge on any atom is 0.225 e. The number of hydrogen-bond donors (Lipinski definition) is 1. The standard InChI is InChI=1S/C15H19N3O2S/c1-4-21-13-8-6-5-7-12(13)16-9-11-14(19-2)17-10-18-15(11)20-3/h5-8,10,16H,4,9H2,1-3H3. The summed E-state index contributed by atoms with van der Waals surface area (Å²) < 4.78 is 10.6. The van der Waals surface area contributed by atoms with Crippen molar-refractivity contribution in [3.63, 3.8) is 0 Å². The van der Waals surface area contributed by atoms with Crippen LogP contribution in [0.1, 0.15) is 12.5 Å². The van der Waals surface area contributed by atoms with Gasteiger partial charge in [-0.1, -0.05) is 19.1 Å². The molecule has 1 N–H and O–H groups in total. The topological polar surface area (TPSA) is 56.3 Å². The number of thioether (sulfide) groups is 1. The van der Waals surface area contributed by atoms with Gasteiger partial charge in [-0.2, -0.15) is 0 Å². The van der Waals surface area contributed by atoms with Gasteiger partial charge in [0.2, 0.25) is 11.8 Å². The second-order valence-electron chi connectivity index (χ2n) is 4.15. The SMILES string of the molecule is CCSc1ccccc1NCc1c(OC)ncnc1OC. The number of anilines is 1. The summed E-state index contributed by atoms with van der Waals surface area (Å²) in [5.41, 5.74) is 1.89. The number of hydrogen-bond acceptors (Lipinski definition) is 6. The first-order chi connectivity index (χ1) is 10.3. The lowest BCUT2D eigenvalue weighted by Gasteiger charge is -2.14. The van der Waals surface area contributed by atoms with Crippen LogP contribution in [0.3, 0.4) is 0 Å². The van der Waals surface area contributed by atoms with Gasteiger partial charge >= 0.3 is 0 Å². The van der Waals surface area contributed by atoms with E-state index in [-0.39, 0.29) is 0 Å². The number of aromatic nitrogens is 2. The Labute approximate surface area is 129 Å². The molecule has 0 aliphatic carbocycles. The second-order valence-corrected chi connectivity index (χ2v) is 5.46. The van der Waals surface area contributed by atoms with Gasteiger partial charge in [0, 0.05) is 10.6 Å². The van der Waals surface area contributed by atoms with Gasteiger partial charge in [0.15, 0.2) is 0 Å². The van der Waals surface area contributed by atoms with Crippen LogP contribution in [0.2, 0.25) is 0 Å². The third-order valence-corrected chi connectivity index (χ3v) is 3.85. The van der Waals surface area contributed by atoms with E-state index in [1.54, 1.807) is 26.0 Å². The van der Waals surface area contributed by atoms with Crippen LogP contribution in [0.25, 0.3) is 0 Å². The Balaban J connectivity index is 2.20. The van der Waals surface area contributed by atoms with E-state index >= 15 is 0 Å². The predicted molar refractivity (Wildman–Crippen MR) is 85.3 cm³/mol. The fraction of sp³-hybridized carbons (Fsp3) is 0.333. The molecule has 0 spiro atoms. The Morgan fingerprint density at radius 3 is 2.38 bits per heavy atom. The van der Waals surface area contributed by atoms with Crippen LogP contribution < -0.4 is 14.8 Å². The van der Waals surface area contributed by atoms with Gasteiger partial charge in [-0.25, -0.2) is 9.97 Å². The first-order valence-corrected chi connectivity index (χ1v) is 7.66. The molecule has 0 aliphatic rings. The Kier molecular flexibility index (Phi) is 5.68. The molecule has 6 heteroatoms. The van der Waals surface area contributed by atoms with Crippen molar-refractivity contribution in [2.75, 3.05) is 25.3 Å². The molecule has 21 heavy (non-hydrogen) atoms. The number of rotatable bonds is 7. The summed E-state index contributed by atoms with van der Waals surface area (Å²) in [6.07, 6.45) is 1.43. The van der Waals surface area contributed by atoms with E-state index < -0.39 is 0 Å². The Bertz CT molecular complexity index is 571. The van der Waals surface area contributed by atoms with Crippen molar-refractivity contribution in [2.24, 2.45) is 0 Å². The van der Waals surface area contributed by atoms with Crippen molar-refractivity contribution < 1.29 is 9.47 Å². The van der Waals surface area contributed by atoms with E-state index in [0.717, 1.165) is 17.0 Å². The molecule has 0 saturated carbocycles. The molecule has 112 valence electrons. The smallest absolute Gasteiger partial charge is 0.225 e. The molecule has 0 saturated heterocycles. The lowest BCUT2D eigenvalue weighted by atomic mass is 10.2. The Morgan fingerprint density at radius 2 is 1.76 bits per heavy atom. The molecule has 1 aromatic heterocycles. The highest BCUT2D eigenvalue weighted by atomic mass is 32.2. The molecule has 0 amide bonds. The summed E-state index contributed by atoms with van der Waals surface area (Å²) >= 11 is 1.80. The summed E-state index contributed by atoms with van der Waals surface area (Å²) in [5.74, 6) is 2.07. The van der Waals surface area contributed by atoms with Gasteiger partial charge in [-0.3, -0.25) is 0 Å². The van der Waals surface area contributed by atoms with Crippen molar-refractivity contribution in [2.45, 2.75) is 18.4 Å². The van der Waals surface area contributed by atoms with Gasteiger partial charge in [0.1, 0.15) is 6.33 Å². The van der Waals surface area contributed by atoms with Gasteiger partial charge in [0.05, 0.1) is 26.3 Å². The quantitative estimate of drug-likeness (QED) is 0.793. The summed E-state index contributed by atoms with van der Waals surface area (Å²) in [4.78, 5) is 9.45. The van der Waals surface area contributed by atoms with E-state index in [1.165, 1.54) is 11.2 Å². The van der Waals surface area contributed by atoms with Crippen LogP contribution in [0.15, 0.2) is 35.5 Å². The van der Waals surface area contributed by atoms with E-state index in [1.807, 2.05) is 12.1 Å². The second kappa shape index (κ2) is 7.73. The fourth-order valence-electron chi connectivity index (χ4n) is 1.96. The average Bonchev–Trinajstić information content (AvgIpc) is 2.54. The zero-order valence-electron chi connectivity index (χ0n) is 12.4. The maximum absolute atomic E-state index is 5.28. The molecule has 1 heterocycles. The zero-order valence-corrected chi connectivity index (χ0v) is 13.2. The summed E-state index contributed by atoms with van der Waals surface area (Å²) in [6.45, 7) is 2.67. The van der Waals surface area contributed by atoms with E-state index in [9.17, 15) is 0 Å². The third kappa shape index (κ3) is 3.78. The third-order valence-electron chi connectivity index (χ3n) is 2.90. The van der Waals surface area contributed by atoms with Crippen LogP contribution in [0, 0.1) is 0 Å². The van der Waals surface area contributed by atoms with Crippen molar-refractivity contribution in [3.8, 4) is 11.8 Å². The van der Waals surface area contributed by atoms with Gasteiger partial charge < -0.3 is 14.8 Å². The first-order valence-electron chi connectivity index (χ1n) is 6.67. The van der Waals surface area contributed by atoms with E-state index in [2.05, 4.69) is 34.3 Å². The molecule has 0 atom stereocenters. The summed E-state index contributed by atoms with van der Waals surface area (Å²) in [7, 11) is 3.18. The average molecular weight is 305 g/mol. The minimum Gasteiger partial charge on any atom is -0.481 e. The molecular formula is C15H19N3O2S. The van der Waals surface area contributed by atoms with Crippen molar-refractivity contribution in [3.05, 3.63) is 36.2 Å². The lowest BCUT2D eigenvalue weighted by Crippen LogP contribution is -2.07. The molecule has 0 unspecified atom stereocenters. The van der Waals surface area contributed by atoms with E-state index in [0.29, 0.717) is 18.3 Å². The minimum atomic E-state index is 0.523. The maximum atomic E-state index is 5.28. The molecule has 0 fully saturated rings. The monoisotopic (exact) mass is 305 g/mol. The van der Waals surface area contributed by atoms with Gasteiger partial charge in [0.25, 0.3) is 0 Å². The molecule has 1 aromatic carbocycles. The number of methoxy groups -OCH3 is 2. The highest BCUT2D eigenvalue weighted by Crippen LogP contribution is 2.29. The van der Waals surface area contributed by atoms with Crippen LogP contribution in [-0.4, -0.2) is 29.9 Å². The number of benzene rings is 1. The molecular weight excluding hydrogens is 286 g/mol. The highest BCUT2D eigenvalue weighted by Gasteiger charge is 2.13. The lowest BCUT2D eigenvalue weighted by molar-refractivity contribution is 0.363. The fourth-order valence-corrected chi connectivity index (χ4v) is 2.74. The predicted octanol–water partition coefficient (Wildman–Crippen LogP) is 3.22. The van der Waals surface area contributed by atoms with Crippen LogP contribution in [0.4, 0.5) is 5.69 Å². The highest BCUT2D eigenvalue weighted by molar-refractivity contribution is 7.99. The van der Waals surface area contributed by atoms with Crippen molar-refractivity contribution in [1.82, 2.24) is 9.97 Å². The Morgan fingerprint density at radius 1 is 1.10 bits per heavy atom. The first kappa shape index (κ1) is 15.4. The minimum absolute atomic E-state index is 0.523. The van der Waals surface area contributed by atoms with Crippen molar-refractivity contribution >= 4 is 17.4 Å². The molecule has 2 aromatic rings. The van der Waals surface area contributed by atoms with Crippen LogP contribution in [-0.2, 0) is 6.54 Å². The van der Waals surface area contributed by atoms with Gasteiger partial charge in [-0.15, -0.1) is 11.8 Å². The molecule has 0 radical (unpaired) electrons. The molecule has 0 aliphatic heterocycles. The number of nitrogens with one attached hydrogen (secondary N) is 1. The largest absolute Gasteiger partial charge is 0.481 e. The van der Waals surface area contributed by atoms with E-state index in [4.69, 9.17) is 9.47 Å². The number of para-hydroxylation sites is 1.